The third-order valence-corrected chi connectivity index (χ3v) is 3.20. The van der Waals surface area contributed by atoms with Gasteiger partial charge in [0.05, 0.1) is 12.7 Å². The Kier molecular flexibility index (Phi) is 5.16. The zero-order valence-corrected chi connectivity index (χ0v) is 11.7. The zero-order valence-electron chi connectivity index (χ0n) is 11.7. The molecule has 0 aliphatic carbocycles. The molecule has 6 nitrogen and oxygen atoms in total. The summed E-state index contributed by atoms with van der Waals surface area (Å²) in [6.45, 7) is 6.46. The smallest absolute Gasteiger partial charge is 0.409 e. The molecule has 1 heterocycles. The quantitative estimate of drug-likeness (QED) is 0.834. The molecule has 1 aliphatic heterocycles. The molecule has 0 aromatic heterocycles. The van der Waals surface area contributed by atoms with Gasteiger partial charge in [-0.3, -0.25) is 4.79 Å². The van der Waals surface area contributed by atoms with Crippen LogP contribution in [0, 0.1) is 16.7 Å². The molecule has 1 saturated heterocycles. The molecule has 1 rings (SSSR count). The minimum Gasteiger partial charge on any atom is -0.450 e. The number of carbonyl (C=O) groups excluding carboxylic acids is 2. The highest BCUT2D eigenvalue weighted by atomic mass is 16.6. The molecule has 0 spiro atoms. The average molecular weight is 267 g/mol. The van der Waals surface area contributed by atoms with Gasteiger partial charge in [-0.25, -0.2) is 4.79 Å². The largest absolute Gasteiger partial charge is 0.450 e. The van der Waals surface area contributed by atoms with Crippen molar-refractivity contribution in [3.8, 4) is 6.07 Å². The third-order valence-electron chi connectivity index (χ3n) is 3.20. The van der Waals surface area contributed by atoms with Crippen molar-refractivity contribution in [1.82, 2.24) is 10.2 Å². The van der Waals surface area contributed by atoms with Crippen LogP contribution in [0.15, 0.2) is 0 Å². The number of amides is 2. The Labute approximate surface area is 113 Å². The van der Waals surface area contributed by atoms with Crippen LogP contribution in [0.2, 0.25) is 0 Å². The molecule has 0 atom stereocenters. The van der Waals surface area contributed by atoms with Crippen molar-refractivity contribution in [3.63, 3.8) is 0 Å². The van der Waals surface area contributed by atoms with Gasteiger partial charge in [-0.1, -0.05) is 0 Å². The average Bonchev–Trinajstić information content (AvgIpc) is 2.39. The Morgan fingerprint density at radius 2 is 2.00 bits per heavy atom. The first-order valence-corrected chi connectivity index (χ1v) is 6.54. The number of nitrogens with zero attached hydrogens (tertiary/aromatic N) is 2. The number of hydrogen-bond donors (Lipinski definition) is 1. The fourth-order valence-corrected chi connectivity index (χ4v) is 1.84. The monoisotopic (exact) mass is 267 g/mol. The molecular formula is C13H21N3O3. The summed E-state index contributed by atoms with van der Waals surface area (Å²) >= 11 is 0. The van der Waals surface area contributed by atoms with Crippen LogP contribution in [-0.4, -0.2) is 42.6 Å². The summed E-state index contributed by atoms with van der Waals surface area (Å²) in [7, 11) is 0. The van der Waals surface area contributed by atoms with Crippen molar-refractivity contribution < 1.29 is 14.3 Å². The number of ether oxygens (including phenoxy) is 1. The SMILES string of the molecule is CCOC(=O)N1CCC(NC(=O)C(C)(C)C#N)CC1. The number of nitriles is 1. The van der Waals surface area contributed by atoms with Crippen LogP contribution in [0.1, 0.15) is 33.6 Å². The topological polar surface area (TPSA) is 82.4 Å². The summed E-state index contributed by atoms with van der Waals surface area (Å²) in [4.78, 5) is 25.0. The molecule has 1 aliphatic rings. The lowest BCUT2D eigenvalue weighted by molar-refractivity contribution is -0.127. The summed E-state index contributed by atoms with van der Waals surface area (Å²) in [5.74, 6) is -0.260. The number of hydrogen-bond acceptors (Lipinski definition) is 4. The molecule has 1 fully saturated rings. The molecule has 2 amide bonds. The van der Waals surface area contributed by atoms with Gasteiger partial charge in [-0.15, -0.1) is 0 Å². The van der Waals surface area contributed by atoms with Crippen molar-refractivity contribution >= 4 is 12.0 Å². The molecule has 6 heteroatoms. The molecule has 0 saturated carbocycles. The second kappa shape index (κ2) is 6.41. The molecule has 0 aromatic rings. The summed E-state index contributed by atoms with van der Waals surface area (Å²) < 4.78 is 4.93. The molecule has 0 aromatic carbocycles. The first kappa shape index (κ1) is 15.3. The fraction of sp³-hybridized carbons (Fsp3) is 0.769. The van der Waals surface area contributed by atoms with E-state index in [1.54, 1.807) is 25.7 Å². The number of piperidine rings is 1. The lowest BCUT2D eigenvalue weighted by atomic mass is 9.93. The van der Waals surface area contributed by atoms with Crippen LogP contribution < -0.4 is 5.32 Å². The predicted octanol–water partition coefficient (Wildman–Crippen LogP) is 1.27. The number of rotatable bonds is 3. The fourth-order valence-electron chi connectivity index (χ4n) is 1.84. The van der Waals surface area contributed by atoms with Gasteiger partial charge in [0.15, 0.2) is 0 Å². The van der Waals surface area contributed by atoms with Crippen LogP contribution in [0.4, 0.5) is 4.79 Å². The highest BCUT2D eigenvalue weighted by molar-refractivity contribution is 5.84. The van der Waals surface area contributed by atoms with E-state index in [4.69, 9.17) is 10.00 Å². The zero-order chi connectivity index (χ0) is 14.5. The normalized spacial score (nSPS) is 16.6. The van der Waals surface area contributed by atoms with E-state index >= 15 is 0 Å². The van der Waals surface area contributed by atoms with Crippen LogP contribution >= 0.6 is 0 Å². The maximum atomic E-state index is 11.8. The maximum absolute atomic E-state index is 11.8. The molecule has 106 valence electrons. The van der Waals surface area contributed by atoms with Crippen LogP contribution in [0.5, 0.6) is 0 Å². The number of likely N-dealkylation sites (tertiary alicyclic amines) is 1. The van der Waals surface area contributed by atoms with Crippen molar-refractivity contribution in [3.05, 3.63) is 0 Å². The maximum Gasteiger partial charge on any atom is 0.409 e. The highest BCUT2D eigenvalue weighted by Crippen LogP contribution is 2.16. The second-order valence-electron chi connectivity index (χ2n) is 5.17. The van der Waals surface area contributed by atoms with E-state index in [2.05, 4.69) is 5.32 Å². The standard InChI is InChI=1S/C13H21N3O3/c1-4-19-12(18)16-7-5-10(6-8-16)15-11(17)13(2,3)9-14/h10H,4-8H2,1-3H3,(H,15,17). The molecular weight excluding hydrogens is 246 g/mol. The Morgan fingerprint density at radius 1 is 1.42 bits per heavy atom. The second-order valence-corrected chi connectivity index (χ2v) is 5.17. The molecule has 1 N–H and O–H groups in total. The Bertz CT molecular complexity index is 379. The summed E-state index contributed by atoms with van der Waals surface area (Å²) in [6.07, 6.45) is 1.07. The van der Waals surface area contributed by atoms with Crippen LogP contribution in [0.25, 0.3) is 0 Å². The Morgan fingerprint density at radius 3 is 2.47 bits per heavy atom. The molecule has 0 unspecified atom stereocenters. The van der Waals surface area contributed by atoms with E-state index in [1.165, 1.54) is 0 Å². The van der Waals surface area contributed by atoms with E-state index in [1.807, 2.05) is 6.07 Å². The minimum absolute atomic E-state index is 0.0193. The number of carbonyl (C=O) groups is 2. The summed E-state index contributed by atoms with van der Waals surface area (Å²) in [6, 6.07) is 2.00. The predicted molar refractivity (Wildman–Crippen MR) is 69.2 cm³/mol. The van der Waals surface area contributed by atoms with E-state index in [9.17, 15) is 9.59 Å². The van der Waals surface area contributed by atoms with Gasteiger partial charge in [0.2, 0.25) is 5.91 Å². The molecule has 0 bridgehead atoms. The van der Waals surface area contributed by atoms with E-state index in [0.717, 1.165) is 0 Å². The van der Waals surface area contributed by atoms with Gasteiger partial charge in [0.1, 0.15) is 5.41 Å². The summed E-state index contributed by atoms with van der Waals surface area (Å²) in [5.41, 5.74) is -1.02. The van der Waals surface area contributed by atoms with E-state index in [0.29, 0.717) is 32.5 Å². The lowest BCUT2D eigenvalue weighted by Crippen LogP contribution is -2.49. The van der Waals surface area contributed by atoms with Crippen molar-refractivity contribution in [2.75, 3.05) is 19.7 Å². The van der Waals surface area contributed by atoms with E-state index < -0.39 is 5.41 Å². The lowest BCUT2D eigenvalue weighted by Gasteiger charge is -2.32. The minimum atomic E-state index is -1.02. The first-order valence-electron chi connectivity index (χ1n) is 6.54. The Hall–Kier alpha value is -1.77. The van der Waals surface area contributed by atoms with Gasteiger partial charge in [0.25, 0.3) is 0 Å². The van der Waals surface area contributed by atoms with Gasteiger partial charge in [0, 0.05) is 19.1 Å². The highest BCUT2D eigenvalue weighted by Gasteiger charge is 2.31. The van der Waals surface area contributed by atoms with Gasteiger partial charge in [-0.2, -0.15) is 5.26 Å². The van der Waals surface area contributed by atoms with Crippen molar-refractivity contribution in [2.24, 2.45) is 5.41 Å². The number of nitrogens with one attached hydrogen (secondary N) is 1. The summed E-state index contributed by atoms with van der Waals surface area (Å²) in [5, 5.41) is 11.7. The van der Waals surface area contributed by atoms with Crippen LogP contribution in [0.3, 0.4) is 0 Å². The van der Waals surface area contributed by atoms with Crippen molar-refractivity contribution in [1.29, 1.82) is 5.26 Å². The Balaban J connectivity index is 2.41. The molecule has 19 heavy (non-hydrogen) atoms. The van der Waals surface area contributed by atoms with Gasteiger partial charge >= 0.3 is 6.09 Å². The third kappa shape index (κ3) is 4.12. The van der Waals surface area contributed by atoms with Gasteiger partial charge < -0.3 is 15.0 Å². The van der Waals surface area contributed by atoms with Crippen molar-refractivity contribution in [2.45, 2.75) is 39.7 Å². The first-order chi connectivity index (χ1) is 8.90. The van der Waals surface area contributed by atoms with Gasteiger partial charge in [-0.05, 0) is 33.6 Å². The van der Waals surface area contributed by atoms with Crippen LogP contribution in [-0.2, 0) is 9.53 Å². The molecule has 0 radical (unpaired) electrons. The van der Waals surface area contributed by atoms with E-state index in [-0.39, 0.29) is 18.0 Å².